The number of carbonyl (C=O) groups is 4. The summed E-state index contributed by atoms with van der Waals surface area (Å²) in [5.74, 6) is -5.51. The number of nitro groups is 1. The van der Waals surface area contributed by atoms with Crippen molar-refractivity contribution in [1.29, 1.82) is 0 Å². The molecular weight excluding hydrogens is 593 g/mol. The molecule has 3 amide bonds. The first-order chi connectivity index (χ1) is 21.2. The Bertz CT molecular complexity index is 1630. The van der Waals surface area contributed by atoms with E-state index in [2.05, 4.69) is 0 Å². The smallest absolute Gasteiger partial charge is 0.300 e. The SMILES string of the molecule is CC(=O)N(C(Cc1ccccc1)C(=O)C(F)(F)F)N1C(=O)C(C(C)C)N(C(=O)c2ccc([N+](=O)[O-])cc2)C=C1c1ccccc1. The lowest BCUT2D eigenvalue weighted by Crippen LogP contribution is -2.64. The molecule has 0 saturated heterocycles. The number of hydrogen-bond acceptors (Lipinski definition) is 6. The third-order valence-electron chi connectivity index (χ3n) is 7.20. The van der Waals surface area contributed by atoms with Gasteiger partial charge in [-0.1, -0.05) is 74.5 Å². The first-order valence-corrected chi connectivity index (χ1v) is 13.8. The summed E-state index contributed by atoms with van der Waals surface area (Å²) in [6.45, 7) is 4.17. The molecule has 3 aromatic carbocycles. The van der Waals surface area contributed by atoms with Gasteiger partial charge in [-0.3, -0.25) is 34.2 Å². The highest BCUT2D eigenvalue weighted by Crippen LogP contribution is 2.35. The van der Waals surface area contributed by atoms with Crippen molar-refractivity contribution in [2.75, 3.05) is 0 Å². The summed E-state index contributed by atoms with van der Waals surface area (Å²) in [6, 6.07) is 16.9. The number of hydrazine groups is 1. The Labute approximate surface area is 256 Å². The number of halogens is 3. The van der Waals surface area contributed by atoms with Crippen molar-refractivity contribution in [2.45, 2.75) is 45.5 Å². The summed E-state index contributed by atoms with van der Waals surface area (Å²) < 4.78 is 42.1. The van der Waals surface area contributed by atoms with Crippen LogP contribution in [-0.4, -0.2) is 61.6 Å². The maximum absolute atomic E-state index is 14.4. The highest BCUT2D eigenvalue weighted by Gasteiger charge is 2.51. The fourth-order valence-corrected chi connectivity index (χ4v) is 5.14. The minimum absolute atomic E-state index is 0.00814. The van der Waals surface area contributed by atoms with Crippen LogP contribution in [0.1, 0.15) is 42.3 Å². The molecule has 1 aliphatic heterocycles. The number of carbonyl (C=O) groups excluding carboxylic acids is 4. The van der Waals surface area contributed by atoms with Gasteiger partial charge in [-0.2, -0.15) is 13.2 Å². The first kappa shape index (κ1) is 32.6. The van der Waals surface area contributed by atoms with Crippen molar-refractivity contribution in [2.24, 2.45) is 5.92 Å². The number of Topliss-reactive ketones (excluding diaryl/α,β-unsaturated/α-hetero) is 1. The standard InChI is InChI=1S/C32H29F3N4O6/c1-20(2)28-31(43)38(37(21(3)40)26(29(41)32(33,34)35)18-22-10-6-4-7-11-22)27(23-12-8-5-9-13-23)19-36(28)30(42)24-14-16-25(17-15-24)39(44)45/h4-17,19-20,26,28H,18H2,1-3H3. The summed E-state index contributed by atoms with van der Waals surface area (Å²) in [6.07, 6.45) is -4.65. The number of nitrogens with zero attached hydrogens (tertiary/aromatic N) is 4. The number of alkyl halides is 3. The van der Waals surface area contributed by atoms with Crippen molar-refractivity contribution in [3.8, 4) is 0 Å². The van der Waals surface area contributed by atoms with Crippen LogP contribution in [0.3, 0.4) is 0 Å². The van der Waals surface area contributed by atoms with E-state index in [4.69, 9.17) is 0 Å². The van der Waals surface area contributed by atoms with Gasteiger partial charge < -0.3 is 0 Å². The van der Waals surface area contributed by atoms with E-state index in [-0.39, 0.29) is 22.5 Å². The van der Waals surface area contributed by atoms with Crippen molar-refractivity contribution in [1.82, 2.24) is 14.9 Å². The second-order valence-corrected chi connectivity index (χ2v) is 10.7. The number of rotatable bonds is 9. The third kappa shape index (κ3) is 6.92. The molecule has 3 aromatic rings. The van der Waals surface area contributed by atoms with Gasteiger partial charge in [0.1, 0.15) is 12.1 Å². The van der Waals surface area contributed by atoms with Gasteiger partial charge in [0.25, 0.3) is 23.3 Å². The van der Waals surface area contributed by atoms with E-state index in [9.17, 15) is 42.5 Å². The van der Waals surface area contributed by atoms with Crippen LogP contribution in [0.4, 0.5) is 18.9 Å². The molecule has 0 bridgehead atoms. The molecule has 0 aromatic heterocycles. The van der Waals surface area contributed by atoms with E-state index in [0.29, 0.717) is 10.6 Å². The molecule has 45 heavy (non-hydrogen) atoms. The zero-order chi connectivity index (χ0) is 33.1. The number of nitro benzene ring substituents is 1. The Balaban J connectivity index is 1.93. The molecule has 0 fully saturated rings. The summed E-state index contributed by atoms with van der Waals surface area (Å²) in [4.78, 5) is 66.1. The summed E-state index contributed by atoms with van der Waals surface area (Å²) in [5.41, 5.74) is 0.198. The number of hydrogen-bond donors (Lipinski definition) is 0. The Morgan fingerprint density at radius 1 is 0.933 bits per heavy atom. The molecular formula is C32H29F3N4O6. The average Bonchev–Trinajstić information content (AvgIpc) is 3.00. The highest BCUT2D eigenvalue weighted by molar-refractivity contribution is 6.04. The molecule has 2 unspecified atom stereocenters. The highest BCUT2D eigenvalue weighted by atomic mass is 19.4. The maximum Gasteiger partial charge on any atom is 0.452 e. The molecule has 0 N–H and O–H groups in total. The molecule has 234 valence electrons. The van der Waals surface area contributed by atoms with Gasteiger partial charge in [-0.15, -0.1) is 0 Å². The van der Waals surface area contributed by atoms with Crippen LogP contribution in [0.25, 0.3) is 5.70 Å². The van der Waals surface area contributed by atoms with Crippen LogP contribution in [-0.2, 0) is 20.8 Å². The van der Waals surface area contributed by atoms with Crippen LogP contribution in [0.5, 0.6) is 0 Å². The Morgan fingerprint density at radius 3 is 1.98 bits per heavy atom. The van der Waals surface area contributed by atoms with E-state index in [1.165, 1.54) is 42.6 Å². The number of benzene rings is 3. The third-order valence-corrected chi connectivity index (χ3v) is 7.20. The zero-order valence-corrected chi connectivity index (χ0v) is 24.5. The van der Waals surface area contributed by atoms with E-state index < -0.39 is 59.0 Å². The molecule has 0 spiro atoms. The molecule has 2 atom stereocenters. The van der Waals surface area contributed by atoms with Gasteiger partial charge in [0, 0.05) is 42.8 Å². The Kier molecular flexibility index (Phi) is 9.50. The largest absolute Gasteiger partial charge is 0.452 e. The van der Waals surface area contributed by atoms with Crippen LogP contribution < -0.4 is 0 Å². The van der Waals surface area contributed by atoms with E-state index in [1.54, 1.807) is 50.2 Å². The van der Waals surface area contributed by atoms with E-state index >= 15 is 0 Å². The number of non-ortho nitro benzene ring substituents is 1. The zero-order valence-electron chi connectivity index (χ0n) is 24.5. The quantitative estimate of drug-likeness (QED) is 0.233. The summed E-state index contributed by atoms with van der Waals surface area (Å²) in [7, 11) is 0. The lowest BCUT2D eigenvalue weighted by molar-refractivity contribution is -0.384. The van der Waals surface area contributed by atoms with Crippen LogP contribution in [0.15, 0.2) is 91.1 Å². The maximum atomic E-state index is 14.4. The lowest BCUT2D eigenvalue weighted by Gasteiger charge is -2.47. The molecule has 1 heterocycles. The Morgan fingerprint density at radius 2 is 1.49 bits per heavy atom. The van der Waals surface area contributed by atoms with E-state index in [0.717, 1.165) is 29.0 Å². The van der Waals surface area contributed by atoms with Gasteiger partial charge in [-0.05, 0) is 23.6 Å². The predicted molar refractivity (Wildman–Crippen MR) is 157 cm³/mol. The second-order valence-electron chi connectivity index (χ2n) is 10.7. The average molecular weight is 623 g/mol. The van der Waals surface area contributed by atoms with Crippen LogP contribution in [0, 0.1) is 16.0 Å². The van der Waals surface area contributed by atoms with Crippen molar-refractivity contribution < 1.29 is 37.3 Å². The van der Waals surface area contributed by atoms with Gasteiger partial charge in [0.2, 0.25) is 5.91 Å². The lowest BCUT2D eigenvalue weighted by atomic mass is 9.96. The fourth-order valence-electron chi connectivity index (χ4n) is 5.14. The van der Waals surface area contributed by atoms with Gasteiger partial charge in [-0.25, -0.2) is 10.0 Å². The monoisotopic (exact) mass is 622 g/mol. The topological polar surface area (TPSA) is 121 Å². The van der Waals surface area contributed by atoms with Gasteiger partial charge in [0.15, 0.2) is 0 Å². The van der Waals surface area contributed by atoms with Crippen molar-refractivity contribution in [3.05, 3.63) is 118 Å². The molecule has 10 nitrogen and oxygen atoms in total. The van der Waals surface area contributed by atoms with Gasteiger partial charge in [0.05, 0.1) is 10.6 Å². The van der Waals surface area contributed by atoms with Crippen LogP contribution in [0.2, 0.25) is 0 Å². The molecule has 0 aliphatic carbocycles. The molecule has 1 aliphatic rings. The second kappa shape index (κ2) is 13.1. The minimum Gasteiger partial charge on any atom is -0.300 e. The summed E-state index contributed by atoms with van der Waals surface area (Å²) in [5, 5.41) is 12.4. The van der Waals surface area contributed by atoms with E-state index in [1.807, 2.05) is 0 Å². The molecule has 13 heteroatoms. The summed E-state index contributed by atoms with van der Waals surface area (Å²) >= 11 is 0. The minimum atomic E-state index is -5.35. The molecule has 4 rings (SSSR count). The fraction of sp³-hybridized carbons (Fsp3) is 0.250. The molecule has 0 radical (unpaired) electrons. The number of amides is 3. The Hall–Kier alpha value is -5.33. The van der Waals surface area contributed by atoms with Gasteiger partial charge >= 0.3 is 6.18 Å². The van der Waals surface area contributed by atoms with Crippen LogP contribution >= 0.6 is 0 Å². The van der Waals surface area contributed by atoms with Crippen molar-refractivity contribution in [3.63, 3.8) is 0 Å². The number of ketones is 1. The normalized spacial score (nSPS) is 15.8. The first-order valence-electron chi connectivity index (χ1n) is 13.8. The predicted octanol–water partition coefficient (Wildman–Crippen LogP) is 5.41. The van der Waals surface area contributed by atoms with Crippen molar-refractivity contribution >= 4 is 34.9 Å². The molecule has 0 saturated carbocycles.